The number of nitrogens with two attached hydrogens (primary N) is 1. The molecule has 0 saturated heterocycles. The molecule has 3 atom stereocenters. The van der Waals surface area contributed by atoms with Gasteiger partial charge in [-0.05, 0) is 32.1 Å². The van der Waals surface area contributed by atoms with E-state index in [1.165, 1.54) is 31.4 Å². The van der Waals surface area contributed by atoms with E-state index in [2.05, 4.69) is 19.1 Å². The van der Waals surface area contributed by atoms with Gasteiger partial charge >= 0.3 is 11.9 Å². The highest BCUT2D eigenvalue weighted by molar-refractivity contribution is 7.92. The number of carboxylic acids is 2. The van der Waals surface area contributed by atoms with Gasteiger partial charge in [0, 0.05) is 6.42 Å². The Bertz CT molecular complexity index is 769. The van der Waals surface area contributed by atoms with E-state index in [-0.39, 0.29) is 19.3 Å². The van der Waals surface area contributed by atoms with E-state index < -0.39 is 44.9 Å². The summed E-state index contributed by atoms with van der Waals surface area (Å²) in [4.78, 5) is 21.6. The fraction of sp³-hybridized carbons (Fsp3) is 0.565. The minimum Gasteiger partial charge on any atom is -0.481 e. The van der Waals surface area contributed by atoms with Crippen LogP contribution < -0.4 is 5.73 Å². The van der Waals surface area contributed by atoms with Crippen molar-refractivity contribution in [2.75, 3.05) is 5.75 Å². The van der Waals surface area contributed by atoms with Crippen LogP contribution in [0.15, 0.2) is 48.6 Å². The number of rotatable bonds is 18. The van der Waals surface area contributed by atoms with Gasteiger partial charge in [-0.1, -0.05) is 68.4 Å². The SMILES string of the molecule is CCCCCC=CCC=CC=CC=C[C@H]([C@@H](O)CCCC(=O)O)S(=O)(=O)CC(N)C(=O)O. The average molecular weight is 472 g/mol. The third-order valence-corrected chi connectivity index (χ3v) is 6.72. The number of sulfone groups is 1. The van der Waals surface area contributed by atoms with Crippen molar-refractivity contribution in [3.63, 3.8) is 0 Å². The lowest BCUT2D eigenvalue weighted by atomic mass is 10.1. The molecule has 0 radical (unpaired) electrons. The molecule has 5 N–H and O–H groups in total. The molecule has 0 amide bonds. The maximum absolute atomic E-state index is 12.6. The molecule has 0 aliphatic heterocycles. The van der Waals surface area contributed by atoms with Gasteiger partial charge < -0.3 is 21.1 Å². The Labute approximate surface area is 191 Å². The van der Waals surface area contributed by atoms with Crippen LogP contribution in [0.25, 0.3) is 0 Å². The third kappa shape index (κ3) is 14.7. The Morgan fingerprint density at radius 3 is 2.28 bits per heavy atom. The van der Waals surface area contributed by atoms with Gasteiger partial charge in [0.05, 0.1) is 11.9 Å². The number of hydrogen-bond acceptors (Lipinski definition) is 6. The van der Waals surface area contributed by atoms with E-state index in [1.807, 2.05) is 12.2 Å². The predicted molar refractivity (Wildman–Crippen MR) is 126 cm³/mol. The van der Waals surface area contributed by atoms with Crippen LogP contribution in [-0.4, -0.2) is 58.8 Å². The molecule has 0 aliphatic rings. The number of carboxylic acid groups (broad SMARTS) is 2. The normalized spacial score (nSPS) is 15.7. The smallest absolute Gasteiger partial charge is 0.321 e. The van der Waals surface area contributed by atoms with E-state index in [4.69, 9.17) is 15.9 Å². The Balaban J connectivity index is 4.98. The van der Waals surface area contributed by atoms with E-state index in [1.54, 1.807) is 12.2 Å². The van der Waals surface area contributed by atoms with Gasteiger partial charge in [-0.3, -0.25) is 9.59 Å². The van der Waals surface area contributed by atoms with E-state index >= 15 is 0 Å². The first kappa shape index (κ1) is 29.8. The number of hydrogen-bond donors (Lipinski definition) is 4. The predicted octanol–water partition coefficient (Wildman–Crippen LogP) is 2.99. The van der Waals surface area contributed by atoms with Crippen LogP contribution in [0.1, 0.15) is 58.3 Å². The van der Waals surface area contributed by atoms with Crippen molar-refractivity contribution in [3.8, 4) is 0 Å². The van der Waals surface area contributed by atoms with Crippen LogP contribution in [0.5, 0.6) is 0 Å². The molecular weight excluding hydrogens is 434 g/mol. The van der Waals surface area contributed by atoms with Crippen LogP contribution in [-0.2, 0) is 19.4 Å². The van der Waals surface area contributed by atoms with Gasteiger partial charge in [0.15, 0.2) is 9.84 Å². The second-order valence-corrected chi connectivity index (χ2v) is 9.70. The molecule has 182 valence electrons. The van der Waals surface area contributed by atoms with Crippen LogP contribution >= 0.6 is 0 Å². The fourth-order valence-corrected chi connectivity index (χ4v) is 4.62. The molecule has 0 saturated carbocycles. The van der Waals surface area contributed by atoms with Crippen molar-refractivity contribution in [1.82, 2.24) is 0 Å². The minimum absolute atomic E-state index is 0.0585. The van der Waals surface area contributed by atoms with Crippen molar-refractivity contribution in [1.29, 1.82) is 0 Å². The van der Waals surface area contributed by atoms with E-state index in [0.29, 0.717) is 0 Å². The lowest BCUT2D eigenvalue weighted by Crippen LogP contribution is -2.43. The van der Waals surface area contributed by atoms with Crippen molar-refractivity contribution >= 4 is 21.8 Å². The number of aliphatic hydroxyl groups excluding tert-OH is 1. The number of aliphatic carboxylic acids is 2. The number of unbranched alkanes of at least 4 members (excludes halogenated alkanes) is 3. The molecule has 0 fully saturated rings. The molecular formula is C23H37NO7S. The zero-order chi connectivity index (χ0) is 24.4. The zero-order valence-corrected chi connectivity index (χ0v) is 19.5. The highest BCUT2D eigenvalue weighted by atomic mass is 32.2. The molecule has 0 aromatic heterocycles. The summed E-state index contributed by atoms with van der Waals surface area (Å²) < 4.78 is 25.2. The first-order valence-electron chi connectivity index (χ1n) is 10.9. The van der Waals surface area contributed by atoms with Crippen molar-refractivity contribution < 1.29 is 33.3 Å². The summed E-state index contributed by atoms with van der Waals surface area (Å²) >= 11 is 0. The molecule has 8 nitrogen and oxygen atoms in total. The standard InChI is InChI=1S/C23H37NO7S/c1-2-3-4-5-6-7-8-9-10-11-12-13-16-21(20(25)15-14-17-22(26)27)32(30,31)18-19(24)23(28)29/h6-7,9-13,16,19-21,25H,2-5,8,14-15,17-18,24H2,1H3,(H,26,27)(H,28,29)/t19?,20-,21+/m0/s1. The maximum Gasteiger partial charge on any atom is 0.321 e. The van der Waals surface area contributed by atoms with Crippen molar-refractivity contribution in [3.05, 3.63) is 48.6 Å². The van der Waals surface area contributed by atoms with E-state index in [0.717, 1.165) is 12.8 Å². The third-order valence-electron chi connectivity index (χ3n) is 4.60. The topological polar surface area (TPSA) is 155 Å². The lowest BCUT2D eigenvalue weighted by Gasteiger charge is -2.21. The average Bonchev–Trinajstić information content (AvgIpc) is 2.70. The Morgan fingerprint density at radius 1 is 0.969 bits per heavy atom. The van der Waals surface area contributed by atoms with Crippen LogP contribution in [0.3, 0.4) is 0 Å². The summed E-state index contributed by atoms with van der Waals surface area (Å²) in [6, 6.07) is -1.62. The molecule has 9 heteroatoms. The molecule has 0 aliphatic carbocycles. The van der Waals surface area contributed by atoms with Gasteiger partial charge in [-0.15, -0.1) is 0 Å². The summed E-state index contributed by atoms with van der Waals surface area (Å²) in [7, 11) is -4.08. The van der Waals surface area contributed by atoms with Crippen LogP contribution in [0.2, 0.25) is 0 Å². The molecule has 0 heterocycles. The van der Waals surface area contributed by atoms with Crippen molar-refractivity contribution in [2.24, 2.45) is 5.73 Å². The Kier molecular flexibility index (Phi) is 16.1. The Morgan fingerprint density at radius 2 is 1.66 bits per heavy atom. The molecule has 1 unspecified atom stereocenters. The first-order valence-corrected chi connectivity index (χ1v) is 12.6. The molecule has 0 spiro atoms. The highest BCUT2D eigenvalue weighted by Gasteiger charge is 2.33. The number of aliphatic hydroxyl groups is 1. The Hall–Kier alpha value is -2.23. The molecule has 0 aromatic rings. The summed E-state index contributed by atoms with van der Waals surface area (Å²) in [5.41, 5.74) is 5.36. The minimum atomic E-state index is -4.08. The summed E-state index contributed by atoms with van der Waals surface area (Å²) in [6.45, 7) is 2.16. The monoisotopic (exact) mass is 471 g/mol. The lowest BCUT2D eigenvalue weighted by molar-refractivity contribution is -0.138. The first-order chi connectivity index (χ1) is 15.1. The summed E-state index contributed by atoms with van der Waals surface area (Å²) in [5, 5.41) is 26.6. The van der Waals surface area contributed by atoms with Crippen LogP contribution in [0, 0.1) is 0 Å². The van der Waals surface area contributed by atoms with E-state index in [9.17, 15) is 23.1 Å². The highest BCUT2D eigenvalue weighted by Crippen LogP contribution is 2.16. The quantitative estimate of drug-likeness (QED) is 0.135. The second kappa shape index (κ2) is 17.3. The van der Waals surface area contributed by atoms with Gasteiger partial charge in [0.2, 0.25) is 0 Å². The number of allylic oxidation sites excluding steroid dienone is 7. The molecule has 0 aromatic carbocycles. The van der Waals surface area contributed by atoms with Gasteiger partial charge in [0.25, 0.3) is 0 Å². The zero-order valence-electron chi connectivity index (χ0n) is 18.7. The molecule has 0 rings (SSSR count). The summed E-state index contributed by atoms with van der Waals surface area (Å²) in [6.07, 6.45) is 17.9. The second-order valence-electron chi connectivity index (χ2n) is 7.49. The van der Waals surface area contributed by atoms with Gasteiger partial charge in [-0.25, -0.2) is 8.42 Å². The summed E-state index contributed by atoms with van der Waals surface area (Å²) in [5.74, 6) is -3.34. The van der Waals surface area contributed by atoms with Crippen molar-refractivity contribution in [2.45, 2.75) is 75.7 Å². The van der Waals surface area contributed by atoms with Crippen LogP contribution in [0.4, 0.5) is 0 Å². The van der Waals surface area contributed by atoms with Gasteiger partial charge in [-0.2, -0.15) is 0 Å². The van der Waals surface area contributed by atoms with Gasteiger partial charge in [0.1, 0.15) is 11.3 Å². The number of carbonyl (C=O) groups is 2. The maximum atomic E-state index is 12.6. The molecule has 0 bridgehead atoms. The largest absolute Gasteiger partial charge is 0.481 e. The fourth-order valence-electron chi connectivity index (χ4n) is 2.81. The molecule has 32 heavy (non-hydrogen) atoms.